The third-order valence-corrected chi connectivity index (χ3v) is 5.34. The maximum atomic E-state index is 12.4. The van der Waals surface area contributed by atoms with Gasteiger partial charge in [0.1, 0.15) is 12.0 Å². The van der Waals surface area contributed by atoms with Crippen molar-refractivity contribution in [1.29, 1.82) is 0 Å². The molecule has 8 heteroatoms. The average Bonchev–Trinajstić information content (AvgIpc) is 3.50. The van der Waals surface area contributed by atoms with E-state index in [4.69, 9.17) is 0 Å². The molecular formula is C22H25FN6O. The Balaban J connectivity index is 0.000000230. The van der Waals surface area contributed by atoms with Gasteiger partial charge >= 0.3 is 0 Å². The number of hydrogen-bond acceptors (Lipinski definition) is 5. The monoisotopic (exact) mass is 408 g/mol. The topological polar surface area (TPSA) is 82.7 Å². The lowest BCUT2D eigenvalue weighted by Crippen LogP contribution is -2.29. The quantitative estimate of drug-likeness (QED) is 0.508. The first-order chi connectivity index (χ1) is 14.8. The number of H-pyrrole nitrogens is 2. The number of benzene rings is 2. The Labute approximate surface area is 174 Å². The van der Waals surface area contributed by atoms with E-state index in [9.17, 15) is 4.53 Å². The minimum Gasteiger partial charge on any atom is -0.304 e. The number of halogens is 1. The number of fused-ring (bicyclic) bond motifs is 1. The molecule has 4 aromatic rings. The van der Waals surface area contributed by atoms with Gasteiger partial charge in [-0.25, -0.2) is 4.98 Å². The molecule has 0 aliphatic carbocycles. The molecule has 1 aliphatic heterocycles. The van der Waals surface area contributed by atoms with Crippen molar-refractivity contribution in [2.45, 2.75) is 26.2 Å². The van der Waals surface area contributed by atoms with Crippen molar-refractivity contribution in [3.8, 4) is 28.4 Å². The maximum Gasteiger partial charge on any atom is 0.172 e. The first-order valence-corrected chi connectivity index (χ1v) is 10.2. The van der Waals surface area contributed by atoms with Crippen molar-refractivity contribution < 1.29 is 9.47 Å². The smallest absolute Gasteiger partial charge is 0.172 e. The Kier molecular flexibility index (Phi) is 6.34. The zero-order chi connectivity index (χ0) is 20.8. The van der Waals surface area contributed by atoms with Crippen LogP contribution in [0.5, 0.6) is 5.75 Å². The highest BCUT2D eigenvalue weighted by Crippen LogP contribution is 2.31. The van der Waals surface area contributed by atoms with Crippen molar-refractivity contribution in [2.24, 2.45) is 0 Å². The zero-order valence-electron chi connectivity index (χ0n) is 16.9. The molecule has 3 heterocycles. The molecule has 0 amide bonds. The number of nitrogens with one attached hydrogen (secondary N) is 2. The summed E-state index contributed by atoms with van der Waals surface area (Å²) in [5, 5.41) is 14.9. The minimum absolute atomic E-state index is 0.139. The first kappa shape index (κ1) is 20.0. The van der Waals surface area contributed by atoms with Crippen LogP contribution in [0.1, 0.15) is 26.2 Å². The predicted molar refractivity (Wildman–Crippen MR) is 115 cm³/mol. The van der Waals surface area contributed by atoms with Gasteiger partial charge in [-0.3, -0.25) is 15.1 Å². The number of nitrogens with zero attached hydrogens (tertiary/aromatic N) is 4. The van der Waals surface area contributed by atoms with Crippen molar-refractivity contribution in [1.82, 2.24) is 30.3 Å². The summed E-state index contributed by atoms with van der Waals surface area (Å²) in [6, 6.07) is 12.5. The summed E-state index contributed by atoms with van der Waals surface area (Å²) in [5.41, 5.74) is 3.25. The second-order valence-electron chi connectivity index (χ2n) is 7.27. The van der Waals surface area contributed by atoms with Crippen LogP contribution in [0, 0.1) is 0 Å². The Morgan fingerprint density at radius 2 is 1.90 bits per heavy atom. The zero-order valence-corrected chi connectivity index (χ0v) is 16.9. The number of aromatic nitrogens is 5. The highest BCUT2D eigenvalue weighted by atomic mass is 19.3. The summed E-state index contributed by atoms with van der Waals surface area (Å²) in [5.74, 6) is 0.815. The number of piperidine rings is 1. The van der Waals surface area contributed by atoms with E-state index in [1.54, 1.807) is 12.1 Å². The van der Waals surface area contributed by atoms with Crippen LogP contribution in [0.4, 0.5) is 4.53 Å². The Hall–Kier alpha value is -3.26. The normalized spacial score (nSPS) is 14.3. The van der Waals surface area contributed by atoms with E-state index in [0.29, 0.717) is 5.82 Å². The Morgan fingerprint density at radius 1 is 1.03 bits per heavy atom. The highest BCUT2D eigenvalue weighted by molar-refractivity contribution is 5.95. The number of aromatic amines is 2. The van der Waals surface area contributed by atoms with Gasteiger partial charge in [-0.2, -0.15) is 10.2 Å². The molecule has 30 heavy (non-hydrogen) atoms. The second kappa shape index (κ2) is 9.49. The van der Waals surface area contributed by atoms with Gasteiger partial charge < -0.3 is 4.90 Å². The molecule has 0 unspecified atom stereocenters. The van der Waals surface area contributed by atoms with Gasteiger partial charge in [-0.05, 0) is 62.8 Å². The van der Waals surface area contributed by atoms with Crippen LogP contribution in [0.25, 0.3) is 33.5 Å². The molecule has 1 aliphatic rings. The van der Waals surface area contributed by atoms with Gasteiger partial charge in [0.25, 0.3) is 0 Å². The molecule has 0 saturated carbocycles. The molecular weight excluding hydrogens is 383 g/mol. The van der Waals surface area contributed by atoms with Gasteiger partial charge in [-0.15, -0.1) is 0 Å². The molecule has 5 rings (SSSR count). The van der Waals surface area contributed by atoms with Crippen molar-refractivity contribution in [3.63, 3.8) is 0 Å². The third-order valence-electron chi connectivity index (χ3n) is 5.34. The van der Waals surface area contributed by atoms with E-state index >= 15 is 0 Å². The molecule has 2 aromatic heterocycles. The molecule has 156 valence electrons. The van der Waals surface area contributed by atoms with Crippen LogP contribution in [-0.2, 0) is 0 Å². The lowest BCUT2D eigenvalue weighted by Gasteiger charge is -2.24. The Morgan fingerprint density at radius 3 is 2.60 bits per heavy atom. The number of likely N-dealkylation sites (tertiary alicyclic amines) is 1. The van der Waals surface area contributed by atoms with E-state index in [1.165, 1.54) is 51.3 Å². The summed E-state index contributed by atoms with van der Waals surface area (Å²) in [4.78, 5) is 10.4. The molecule has 0 atom stereocenters. The van der Waals surface area contributed by atoms with Gasteiger partial charge in [0, 0.05) is 21.0 Å². The second-order valence-corrected chi connectivity index (χ2v) is 7.27. The molecule has 0 spiro atoms. The van der Waals surface area contributed by atoms with Crippen molar-refractivity contribution >= 4 is 10.9 Å². The lowest BCUT2D eigenvalue weighted by atomic mass is 10.1. The number of hydrogen-bond donors (Lipinski definition) is 2. The highest BCUT2D eigenvalue weighted by Gasteiger charge is 2.11. The van der Waals surface area contributed by atoms with Gasteiger partial charge in [0.05, 0.1) is 5.52 Å². The summed E-state index contributed by atoms with van der Waals surface area (Å²) in [6.07, 6.45) is 5.76. The molecule has 1 saturated heterocycles. The van der Waals surface area contributed by atoms with E-state index in [0.717, 1.165) is 27.7 Å². The Bertz CT molecular complexity index is 1070. The van der Waals surface area contributed by atoms with E-state index < -0.39 is 0 Å². The largest absolute Gasteiger partial charge is 0.304 e. The molecule has 0 radical (unpaired) electrons. The van der Waals surface area contributed by atoms with Gasteiger partial charge in [-0.1, -0.05) is 25.5 Å². The van der Waals surface area contributed by atoms with Crippen LogP contribution in [0.3, 0.4) is 0 Å². The third kappa shape index (κ3) is 4.49. The molecule has 2 N–H and O–H groups in total. The van der Waals surface area contributed by atoms with E-state index in [2.05, 4.69) is 42.1 Å². The molecule has 2 aromatic carbocycles. The van der Waals surface area contributed by atoms with Crippen molar-refractivity contribution in [2.75, 3.05) is 19.6 Å². The summed E-state index contributed by atoms with van der Waals surface area (Å²) < 4.78 is 12.4. The fourth-order valence-electron chi connectivity index (χ4n) is 3.69. The fraction of sp³-hybridized carbons (Fsp3) is 0.318. The molecule has 7 nitrogen and oxygen atoms in total. The molecule has 1 fully saturated rings. The SMILES string of the molecule is CCN1CCCCC1.FOc1cccc(-c2n[nH]c3ccc(-c4ncn[nH]4)cc23)c1. The van der Waals surface area contributed by atoms with Gasteiger partial charge in [0.2, 0.25) is 0 Å². The maximum absolute atomic E-state index is 12.4. The van der Waals surface area contributed by atoms with Crippen molar-refractivity contribution in [3.05, 3.63) is 48.8 Å². The van der Waals surface area contributed by atoms with Crippen LogP contribution in [0.2, 0.25) is 0 Å². The summed E-state index contributed by atoms with van der Waals surface area (Å²) >= 11 is 0. The minimum atomic E-state index is 0.139. The molecule has 0 bridgehead atoms. The summed E-state index contributed by atoms with van der Waals surface area (Å²) in [6.45, 7) is 6.18. The van der Waals surface area contributed by atoms with Gasteiger partial charge in [0.15, 0.2) is 11.6 Å². The first-order valence-electron chi connectivity index (χ1n) is 10.2. The van der Waals surface area contributed by atoms with Crippen LogP contribution in [0.15, 0.2) is 48.8 Å². The average molecular weight is 408 g/mol. The summed E-state index contributed by atoms with van der Waals surface area (Å²) in [7, 11) is 0. The van der Waals surface area contributed by atoms with Crippen LogP contribution >= 0.6 is 0 Å². The fourth-order valence-corrected chi connectivity index (χ4v) is 3.69. The van der Waals surface area contributed by atoms with Crippen LogP contribution in [-0.4, -0.2) is 49.9 Å². The van der Waals surface area contributed by atoms with Crippen LogP contribution < -0.4 is 4.94 Å². The standard InChI is InChI=1S/C15H10FN5O.C7H15N/c16-22-11-3-1-2-9(6-11)14-12-7-10(15-17-8-18-21-15)4-5-13(12)19-20-14;1-2-8-6-4-3-5-7-8/h1-8H,(H,19,20)(H,17,18,21);2-7H2,1H3. The van der Waals surface area contributed by atoms with E-state index in [-0.39, 0.29) is 5.75 Å². The van der Waals surface area contributed by atoms with E-state index in [1.807, 2.05) is 24.3 Å². The number of rotatable bonds is 4. The lowest BCUT2D eigenvalue weighted by molar-refractivity contribution is -0.00614. The predicted octanol–water partition coefficient (Wildman–Crippen LogP) is 4.77.